The first-order valence-corrected chi connectivity index (χ1v) is 8.55. The number of ether oxygens (including phenoxy) is 1. The van der Waals surface area contributed by atoms with Gasteiger partial charge in [0.2, 0.25) is 0 Å². The van der Waals surface area contributed by atoms with Gasteiger partial charge in [0, 0.05) is 10.0 Å². The van der Waals surface area contributed by atoms with Crippen LogP contribution in [0.1, 0.15) is 11.1 Å². The van der Waals surface area contributed by atoms with Gasteiger partial charge in [-0.05, 0) is 38.1 Å². The van der Waals surface area contributed by atoms with E-state index in [4.69, 9.17) is 4.74 Å². The van der Waals surface area contributed by atoms with Gasteiger partial charge in [0.1, 0.15) is 5.75 Å². The minimum absolute atomic E-state index is 0.218. The Bertz CT molecular complexity index is 755. The summed E-state index contributed by atoms with van der Waals surface area (Å²) in [6.07, 6.45) is 0. The first-order valence-electron chi connectivity index (χ1n) is 6.27. The number of sulfonamides is 1. The van der Waals surface area contributed by atoms with E-state index in [9.17, 15) is 8.42 Å². The Hall–Kier alpha value is -1.53. The molecule has 0 atom stereocenters. The van der Waals surface area contributed by atoms with Crippen molar-refractivity contribution in [3.05, 3.63) is 52.0 Å². The number of rotatable bonds is 4. The fourth-order valence-electron chi connectivity index (χ4n) is 1.93. The van der Waals surface area contributed by atoms with Crippen LogP contribution in [0.3, 0.4) is 0 Å². The molecular formula is C15H16BrNO3S. The van der Waals surface area contributed by atoms with E-state index in [1.165, 1.54) is 7.11 Å². The molecule has 1 N–H and O–H groups in total. The molecule has 2 rings (SSSR count). The summed E-state index contributed by atoms with van der Waals surface area (Å²) in [4.78, 5) is 0.218. The summed E-state index contributed by atoms with van der Waals surface area (Å²) >= 11 is 3.40. The summed E-state index contributed by atoms with van der Waals surface area (Å²) in [5, 5.41) is 0. The Kier molecular flexibility index (Phi) is 4.58. The molecule has 0 unspecified atom stereocenters. The van der Waals surface area contributed by atoms with Gasteiger partial charge in [0.15, 0.2) is 0 Å². The van der Waals surface area contributed by atoms with Gasteiger partial charge in [-0.3, -0.25) is 4.72 Å². The highest BCUT2D eigenvalue weighted by molar-refractivity contribution is 9.10. The molecule has 0 aromatic heterocycles. The summed E-state index contributed by atoms with van der Waals surface area (Å²) in [5.41, 5.74) is 2.26. The standard InChI is InChI=1S/C15H16BrNO3S/c1-10-4-6-12(7-5-10)21(18,19)17-14-9-8-13(16)11(2)15(14)20-3/h4-9,17H,1-3H3. The largest absolute Gasteiger partial charge is 0.494 e. The van der Waals surface area contributed by atoms with E-state index in [0.29, 0.717) is 11.4 Å². The fraction of sp³-hybridized carbons (Fsp3) is 0.200. The zero-order chi connectivity index (χ0) is 15.6. The second kappa shape index (κ2) is 6.07. The average Bonchev–Trinajstić information content (AvgIpc) is 2.43. The Labute approximate surface area is 133 Å². The quantitative estimate of drug-likeness (QED) is 0.889. The van der Waals surface area contributed by atoms with Crippen molar-refractivity contribution in [1.82, 2.24) is 0 Å². The van der Waals surface area contributed by atoms with Gasteiger partial charge in [-0.2, -0.15) is 0 Å². The van der Waals surface area contributed by atoms with Crippen molar-refractivity contribution < 1.29 is 13.2 Å². The Morgan fingerprint density at radius 3 is 2.24 bits per heavy atom. The smallest absolute Gasteiger partial charge is 0.262 e. The molecule has 0 aliphatic carbocycles. The molecule has 0 bridgehead atoms. The molecular weight excluding hydrogens is 354 g/mol. The van der Waals surface area contributed by atoms with Gasteiger partial charge in [-0.25, -0.2) is 8.42 Å². The molecule has 4 nitrogen and oxygen atoms in total. The molecule has 0 heterocycles. The van der Waals surface area contributed by atoms with Crippen LogP contribution in [-0.4, -0.2) is 15.5 Å². The number of aryl methyl sites for hydroxylation is 1. The number of halogens is 1. The van der Waals surface area contributed by atoms with Crippen LogP contribution in [-0.2, 0) is 10.0 Å². The second-order valence-electron chi connectivity index (χ2n) is 4.67. The number of nitrogens with one attached hydrogen (secondary N) is 1. The lowest BCUT2D eigenvalue weighted by molar-refractivity contribution is 0.413. The molecule has 0 saturated heterocycles. The van der Waals surface area contributed by atoms with Gasteiger partial charge in [-0.1, -0.05) is 33.6 Å². The number of methoxy groups -OCH3 is 1. The zero-order valence-corrected chi connectivity index (χ0v) is 14.4. The van der Waals surface area contributed by atoms with Crippen LogP contribution < -0.4 is 9.46 Å². The summed E-state index contributed by atoms with van der Waals surface area (Å²) in [6.45, 7) is 3.76. The molecule has 0 aliphatic heterocycles. The lowest BCUT2D eigenvalue weighted by atomic mass is 10.2. The van der Waals surface area contributed by atoms with Gasteiger partial charge in [-0.15, -0.1) is 0 Å². The van der Waals surface area contributed by atoms with Crippen molar-refractivity contribution in [2.45, 2.75) is 18.7 Å². The lowest BCUT2D eigenvalue weighted by Crippen LogP contribution is -2.14. The summed E-state index contributed by atoms with van der Waals surface area (Å²) in [6, 6.07) is 10.1. The topological polar surface area (TPSA) is 55.4 Å². The maximum Gasteiger partial charge on any atom is 0.262 e. The molecule has 21 heavy (non-hydrogen) atoms. The van der Waals surface area contributed by atoms with E-state index in [1.54, 1.807) is 36.4 Å². The minimum Gasteiger partial charge on any atom is -0.494 e. The summed E-state index contributed by atoms with van der Waals surface area (Å²) < 4.78 is 33.5. The van der Waals surface area contributed by atoms with E-state index in [2.05, 4.69) is 20.7 Å². The van der Waals surface area contributed by atoms with Crippen LogP contribution in [0.2, 0.25) is 0 Å². The van der Waals surface area contributed by atoms with Gasteiger partial charge in [0.25, 0.3) is 10.0 Å². The van der Waals surface area contributed by atoms with E-state index in [1.807, 2.05) is 13.8 Å². The van der Waals surface area contributed by atoms with E-state index in [0.717, 1.165) is 15.6 Å². The van der Waals surface area contributed by atoms with Crippen LogP contribution in [0.4, 0.5) is 5.69 Å². The van der Waals surface area contributed by atoms with Gasteiger partial charge < -0.3 is 4.74 Å². The van der Waals surface area contributed by atoms with Crippen LogP contribution in [0.15, 0.2) is 45.8 Å². The second-order valence-corrected chi connectivity index (χ2v) is 7.21. The monoisotopic (exact) mass is 369 g/mol. The van der Waals surface area contributed by atoms with Crippen molar-refractivity contribution in [2.24, 2.45) is 0 Å². The van der Waals surface area contributed by atoms with Crippen molar-refractivity contribution in [2.75, 3.05) is 11.8 Å². The highest BCUT2D eigenvalue weighted by Gasteiger charge is 2.18. The maximum absolute atomic E-state index is 12.4. The normalized spacial score (nSPS) is 11.2. The molecule has 0 amide bonds. The predicted octanol–water partition coefficient (Wildman–Crippen LogP) is 3.88. The molecule has 6 heteroatoms. The van der Waals surface area contributed by atoms with Crippen molar-refractivity contribution >= 4 is 31.6 Å². The van der Waals surface area contributed by atoms with Crippen LogP contribution in [0.25, 0.3) is 0 Å². The molecule has 0 saturated carbocycles. The molecule has 2 aromatic carbocycles. The molecule has 112 valence electrons. The Morgan fingerprint density at radius 2 is 1.67 bits per heavy atom. The van der Waals surface area contributed by atoms with Gasteiger partial charge >= 0.3 is 0 Å². The number of hydrogen-bond acceptors (Lipinski definition) is 3. The minimum atomic E-state index is -3.64. The molecule has 0 fully saturated rings. The summed E-state index contributed by atoms with van der Waals surface area (Å²) in [7, 11) is -2.13. The first kappa shape index (κ1) is 15.9. The maximum atomic E-state index is 12.4. The highest BCUT2D eigenvalue weighted by atomic mass is 79.9. The summed E-state index contributed by atoms with van der Waals surface area (Å²) in [5.74, 6) is 0.500. The number of hydrogen-bond donors (Lipinski definition) is 1. The van der Waals surface area contributed by atoms with Crippen molar-refractivity contribution in [3.8, 4) is 5.75 Å². The van der Waals surface area contributed by atoms with Gasteiger partial charge in [0.05, 0.1) is 17.7 Å². The zero-order valence-electron chi connectivity index (χ0n) is 12.0. The molecule has 0 radical (unpaired) electrons. The average molecular weight is 370 g/mol. The Balaban J connectivity index is 2.42. The van der Waals surface area contributed by atoms with E-state index in [-0.39, 0.29) is 4.90 Å². The Morgan fingerprint density at radius 1 is 1.05 bits per heavy atom. The SMILES string of the molecule is COc1c(NS(=O)(=O)c2ccc(C)cc2)ccc(Br)c1C. The predicted molar refractivity (Wildman–Crippen MR) is 87.4 cm³/mol. The lowest BCUT2D eigenvalue weighted by Gasteiger charge is -2.15. The molecule has 0 spiro atoms. The number of benzene rings is 2. The van der Waals surface area contributed by atoms with Crippen LogP contribution in [0.5, 0.6) is 5.75 Å². The number of anilines is 1. The molecule has 2 aromatic rings. The third-order valence-corrected chi connectivity index (χ3v) is 5.36. The van der Waals surface area contributed by atoms with E-state index >= 15 is 0 Å². The highest BCUT2D eigenvalue weighted by Crippen LogP contribution is 2.34. The third-order valence-electron chi connectivity index (χ3n) is 3.12. The third kappa shape index (κ3) is 3.39. The van der Waals surface area contributed by atoms with Crippen LogP contribution in [0, 0.1) is 13.8 Å². The van der Waals surface area contributed by atoms with Crippen LogP contribution >= 0.6 is 15.9 Å². The van der Waals surface area contributed by atoms with Crippen molar-refractivity contribution in [3.63, 3.8) is 0 Å². The van der Waals surface area contributed by atoms with E-state index < -0.39 is 10.0 Å². The first-order chi connectivity index (χ1) is 9.85. The molecule has 0 aliphatic rings. The van der Waals surface area contributed by atoms with Crippen molar-refractivity contribution in [1.29, 1.82) is 0 Å². The fourth-order valence-corrected chi connectivity index (χ4v) is 3.31.